The van der Waals surface area contributed by atoms with Gasteiger partial charge in [-0.2, -0.15) is 0 Å². The minimum atomic E-state index is -2.01. The molecular weight excluding hydrogens is 1750 g/mol. The Morgan fingerprint density at radius 1 is 0.308 bits per heavy atom. The average molecular weight is 1820 g/mol. The number of nitrogens with one attached hydrogen (secondary N) is 9. The minimum Gasteiger partial charge on any atom is -0.314 e. The molecule has 28 fully saturated rings. The van der Waals surface area contributed by atoms with E-state index in [1.165, 1.54) is 88.0 Å². The van der Waals surface area contributed by atoms with Gasteiger partial charge in [0.25, 0.3) is 12.3 Å². The minimum absolute atomic E-state index is 0.0692. The molecule has 71 nitrogen and oxygen atoms in total. The molecule has 12 bridgehead atoms. The first-order chi connectivity index (χ1) is 62.5. The summed E-state index contributed by atoms with van der Waals surface area (Å²) in [6.07, 6.45) is -29.1. The van der Waals surface area contributed by atoms with E-state index < -0.39 is 338 Å². The SMILES string of the molecule is C=[N+]1CNC(=O)N2C(=O)N3CN4C(=O)N5CNC(C6[N+](=O)N7C(=O)N8CN9C(=O)N%10CNCNN%11C(=O)N(CN%12C(=O)N(C7C8%12)[N+]6=O)C9C%10%11)NCN6C(=O)N(CN7C(=O)N(C1)C2C73)C4C65.NC1C(N=O)N2CN3C(=O)N4CN5C(=O)N6CNC(NCN7C(=O)N(CN8C(=O)NC3C84)C5C76)C3[N+](=O)N4C(=O)N5CN6C(=O)NC7C6N(CN6C(=O)N(C4C56)[N+]3=O)C(=O)N7CN1C2=O. The molecular formula is C59H71N48O23+5. The van der Waals surface area contributed by atoms with Crippen LogP contribution in [0.5, 0.6) is 0 Å². The number of rotatable bonds is 2. The van der Waals surface area contributed by atoms with Crippen molar-refractivity contribution in [3.05, 3.63) is 24.5 Å². The highest BCUT2D eigenvalue weighted by Crippen LogP contribution is 2.50. The van der Waals surface area contributed by atoms with E-state index in [0.717, 1.165) is 53.9 Å². The summed E-state index contributed by atoms with van der Waals surface area (Å²) in [5.41, 5.74) is 9.43. The van der Waals surface area contributed by atoms with Gasteiger partial charge in [0.05, 0.1) is 59.6 Å². The van der Waals surface area contributed by atoms with Crippen LogP contribution in [0.3, 0.4) is 0 Å². The highest BCUT2D eigenvalue weighted by molar-refractivity contribution is 5.99. The maximum absolute atomic E-state index is 14.6. The molecule has 28 aliphatic rings. The predicted molar refractivity (Wildman–Crippen MR) is 387 cm³/mol. The smallest absolute Gasteiger partial charge is 0.314 e. The van der Waals surface area contributed by atoms with Gasteiger partial charge in [-0.15, -0.1) is 4.91 Å². The zero-order valence-corrected chi connectivity index (χ0v) is 66.6. The molecule has 680 valence electrons. The Balaban J connectivity index is 0.000000134. The van der Waals surface area contributed by atoms with E-state index in [9.17, 15) is 111 Å². The summed E-state index contributed by atoms with van der Waals surface area (Å²) in [4.78, 5) is 359. The van der Waals surface area contributed by atoms with Gasteiger partial charge in [-0.3, -0.25) is 154 Å². The number of hydrogen-bond acceptors (Lipinski definition) is 31. The molecule has 0 aromatic rings. The van der Waals surface area contributed by atoms with Crippen molar-refractivity contribution in [2.75, 3.05) is 120 Å². The molecule has 0 radical (unpaired) electrons. The van der Waals surface area contributed by atoms with E-state index in [0.29, 0.717) is 20.0 Å². The largest absolute Gasteiger partial charge is 0.518 e. The number of hydrazine groups is 5. The predicted octanol–water partition coefficient (Wildman–Crippen LogP) is -14.0. The second kappa shape index (κ2) is 24.2. The van der Waals surface area contributed by atoms with Crippen LogP contribution in [0.2, 0.25) is 0 Å². The summed E-state index contributed by atoms with van der Waals surface area (Å²) in [5, 5.41) is 30.0. The van der Waals surface area contributed by atoms with Crippen LogP contribution in [0, 0.1) is 24.5 Å². The molecule has 0 saturated carbocycles. The lowest BCUT2D eigenvalue weighted by molar-refractivity contribution is -0.948. The zero-order valence-electron chi connectivity index (χ0n) is 66.6. The molecule has 28 aliphatic heterocycles. The number of nitrogens with two attached hydrogens (primary N) is 1. The number of carbonyl (C=O) groups excluding carboxylic acids is 18. The number of nitrogens with zero attached hydrogens (tertiary/aromatic N) is 38. The Labute approximate surface area is 720 Å². The molecule has 28 rings (SSSR count). The summed E-state index contributed by atoms with van der Waals surface area (Å²) in [6, 6.07) is -13.9. The number of hydrogen-bond donors (Lipinski definition) is 10. The van der Waals surface area contributed by atoms with E-state index in [4.69, 9.17) is 5.73 Å². The van der Waals surface area contributed by atoms with Crippen LogP contribution in [0.25, 0.3) is 0 Å². The Morgan fingerprint density at radius 2 is 0.615 bits per heavy atom. The number of amides is 36. The quantitative estimate of drug-likeness (QED) is 0.0906. The molecule has 28 saturated heterocycles. The van der Waals surface area contributed by atoms with Gasteiger partial charge >= 0.3 is 121 Å². The standard InChI is InChI=1S/C30H36N24O11.C29H32N24O12/c1-36-4-34-22(55)49-19-16-43(26(59)40(19)7-36)8-41-15-14-38(24(41)57)5-32-12(33-6-39(14)25(58)42(15)9-45(16)27(49)60)13-53(64)51-21-18-47(29(51)62)10-44-17-20-37(23(44)56)3-31-2-35-50(20)28(61)46(17)11-48(18)30(63)52(21)54(13)65;30-9-11(35-63)39-4-41-13-16-42(21(54)34-13)5-46-18-17-36(23(46)56)1-31-10(32-2-37(17)24(57)47(18)7-44(16)27(41)60)14-52(64)50-20-19-48(28(50)61)6-43-15-12(33-22(43)55)40(3-38(9)25(39)58)26(59)45(15)8-49(19)29(62)51(20)53(14)65/h12-21,31-33,35H,1-11H2;9-20,31-32H,1-8,30H2/q+2;/p+3. The summed E-state index contributed by atoms with van der Waals surface area (Å²) in [7, 11) is 0. The maximum atomic E-state index is 14.6. The van der Waals surface area contributed by atoms with Gasteiger partial charge in [-0.1, -0.05) is 0 Å². The first-order valence-corrected chi connectivity index (χ1v) is 41.0. The van der Waals surface area contributed by atoms with E-state index in [2.05, 4.69) is 59.9 Å². The van der Waals surface area contributed by atoms with Crippen LogP contribution in [0.1, 0.15) is 0 Å². The van der Waals surface area contributed by atoms with Crippen LogP contribution in [-0.2, 0) is 0 Å². The van der Waals surface area contributed by atoms with E-state index in [1.54, 1.807) is 0 Å². The molecule has 11 N–H and O–H groups in total. The molecule has 130 heavy (non-hydrogen) atoms. The zero-order chi connectivity index (χ0) is 89.3. The van der Waals surface area contributed by atoms with Crippen molar-refractivity contribution in [3.8, 4) is 0 Å². The third kappa shape index (κ3) is 8.45. The van der Waals surface area contributed by atoms with Gasteiger partial charge < -0.3 is 16.4 Å². The van der Waals surface area contributed by atoms with Gasteiger partial charge in [0.15, 0.2) is 74.0 Å². The Hall–Kier alpha value is -15.5. The van der Waals surface area contributed by atoms with Crippen molar-refractivity contribution >= 4 is 115 Å². The second-order valence-electron chi connectivity index (χ2n) is 35.2. The van der Waals surface area contributed by atoms with Crippen molar-refractivity contribution in [1.82, 2.24) is 205 Å². The molecule has 0 spiro atoms. The Kier molecular flexibility index (Phi) is 13.9. The van der Waals surface area contributed by atoms with Gasteiger partial charge in [0, 0.05) is 0 Å². The van der Waals surface area contributed by atoms with Gasteiger partial charge in [0.2, 0.25) is 51.3 Å². The fourth-order valence-corrected chi connectivity index (χ4v) is 24.0. The molecule has 22 unspecified atom stereocenters. The normalized spacial score (nSPS) is 38.8. The van der Waals surface area contributed by atoms with E-state index in [-0.39, 0.29) is 46.2 Å². The van der Waals surface area contributed by atoms with Crippen molar-refractivity contribution in [3.63, 3.8) is 0 Å². The van der Waals surface area contributed by atoms with Crippen LogP contribution < -0.4 is 53.7 Å². The first kappa shape index (κ1) is 74.7. The van der Waals surface area contributed by atoms with Crippen LogP contribution in [0.4, 0.5) is 86.3 Å². The Morgan fingerprint density at radius 3 is 1.03 bits per heavy atom. The van der Waals surface area contributed by atoms with Crippen molar-refractivity contribution < 1.29 is 110 Å². The summed E-state index contributed by atoms with van der Waals surface area (Å²) < 4.78 is 1.43. The monoisotopic (exact) mass is 1820 g/mol. The number of imide groups is 1. The lowest BCUT2D eigenvalue weighted by atomic mass is 10.3. The topological polar surface area (TPSA) is 658 Å². The number of urea groups is 18. The fourth-order valence-electron chi connectivity index (χ4n) is 24.0. The van der Waals surface area contributed by atoms with E-state index in [1.807, 2.05) is 0 Å². The molecule has 0 aliphatic carbocycles. The molecule has 22 atom stereocenters. The number of carbonyl (C=O) groups is 18. The van der Waals surface area contributed by atoms with Crippen molar-refractivity contribution in [1.29, 1.82) is 0 Å². The lowest BCUT2D eigenvalue weighted by Gasteiger charge is -2.41. The summed E-state index contributed by atoms with van der Waals surface area (Å²) in [6.45, 7) is -3.02. The third-order valence-corrected chi connectivity index (χ3v) is 29.6. The molecule has 71 heteroatoms. The van der Waals surface area contributed by atoms with Crippen molar-refractivity contribution in [2.24, 2.45) is 10.9 Å². The van der Waals surface area contributed by atoms with Gasteiger partial charge in [0.1, 0.15) is 91.9 Å². The van der Waals surface area contributed by atoms with Crippen LogP contribution >= 0.6 is 0 Å². The third-order valence-electron chi connectivity index (χ3n) is 29.6. The maximum Gasteiger partial charge on any atom is 0.518 e. The highest BCUT2D eigenvalue weighted by Gasteiger charge is 2.84. The fraction of sp³-hybridized carbons (Fsp3) is 0.678. The van der Waals surface area contributed by atoms with E-state index >= 15 is 0 Å². The highest BCUT2D eigenvalue weighted by atomic mass is 16.4. The molecule has 36 amide bonds. The van der Waals surface area contributed by atoms with Crippen molar-refractivity contribution in [2.45, 2.75) is 136 Å². The first-order valence-electron chi connectivity index (χ1n) is 41.0. The molecule has 0 aromatic carbocycles. The van der Waals surface area contributed by atoms with Crippen LogP contribution in [0.15, 0.2) is 5.18 Å². The van der Waals surface area contributed by atoms with Gasteiger partial charge in [-0.25, -0.2) is 111 Å². The van der Waals surface area contributed by atoms with Gasteiger partial charge in [-0.05, 0) is 25.2 Å². The summed E-state index contributed by atoms with van der Waals surface area (Å²) >= 11 is 0. The second-order valence-corrected chi connectivity index (χ2v) is 35.2. The Bertz CT molecular complexity index is 5550. The number of fused-ring (bicyclic) bond motifs is 10. The average Bonchev–Trinajstić information content (AvgIpc) is 1.50. The summed E-state index contributed by atoms with van der Waals surface area (Å²) in [5.74, 6) is 0. The lowest BCUT2D eigenvalue weighted by Crippen LogP contribution is -2.73. The molecule has 28 heterocycles. The number of nitroso groups, excluding NO2 is 5. The molecule has 0 aromatic heterocycles. The van der Waals surface area contributed by atoms with Crippen LogP contribution in [-0.4, -0.2) is 552 Å².